The molecule has 2 rings (SSSR count). The topological polar surface area (TPSA) is 15.3 Å². The highest BCUT2D eigenvalue weighted by Gasteiger charge is 2.18. The smallest absolute Gasteiger partial charge is 0.142 e. The summed E-state index contributed by atoms with van der Waals surface area (Å²) in [6, 6.07) is 5.31. The first-order valence-electron chi connectivity index (χ1n) is 5.58. The van der Waals surface area contributed by atoms with Crippen LogP contribution in [0.2, 0.25) is 5.02 Å². The van der Waals surface area contributed by atoms with Crippen LogP contribution in [-0.4, -0.2) is 31.1 Å². The minimum absolute atomic E-state index is 0. The molecule has 1 N–H and O–H groups in total. The van der Waals surface area contributed by atoms with Gasteiger partial charge in [0, 0.05) is 32.2 Å². The quantitative estimate of drug-likeness (QED) is 0.895. The minimum Gasteiger partial charge on any atom is -0.314 e. The molecule has 17 heavy (non-hydrogen) atoms. The van der Waals surface area contributed by atoms with E-state index in [9.17, 15) is 4.39 Å². The molecular formula is C12H17Cl2FN2. The summed E-state index contributed by atoms with van der Waals surface area (Å²) in [5.74, 6) is -0.332. The molecule has 1 aliphatic rings. The molecule has 1 fully saturated rings. The average molecular weight is 279 g/mol. The van der Waals surface area contributed by atoms with Gasteiger partial charge in [0.1, 0.15) is 5.82 Å². The third kappa shape index (κ3) is 3.55. The Labute approximate surface area is 113 Å². The molecular weight excluding hydrogens is 262 g/mol. The molecule has 5 heteroatoms. The van der Waals surface area contributed by atoms with Crippen molar-refractivity contribution >= 4 is 24.0 Å². The van der Waals surface area contributed by atoms with Crippen molar-refractivity contribution in [3.05, 3.63) is 34.6 Å². The largest absolute Gasteiger partial charge is 0.314 e. The lowest BCUT2D eigenvalue weighted by molar-refractivity contribution is 0.185. The van der Waals surface area contributed by atoms with Crippen molar-refractivity contribution < 1.29 is 4.39 Å². The molecule has 0 unspecified atom stereocenters. The lowest BCUT2D eigenvalue weighted by Gasteiger charge is -2.33. The first-order chi connectivity index (χ1) is 7.68. The normalized spacial score (nSPS) is 18.5. The molecule has 1 aliphatic heterocycles. The van der Waals surface area contributed by atoms with Crippen molar-refractivity contribution in [2.75, 3.05) is 26.2 Å². The van der Waals surface area contributed by atoms with Crippen LogP contribution in [0.4, 0.5) is 4.39 Å². The molecule has 1 heterocycles. The Morgan fingerprint density at radius 1 is 1.35 bits per heavy atom. The van der Waals surface area contributed by atoms with E-state index in [0.29, 0.717) is 0 Å². The van der Waals surface area contributed by atoms with Gasteiger partial charge in [0.2, 0.25) is 0 Å². The van der Waals surface area contributed by atoms with Crippen molar-refractivity contribution in [3.8, 4) is 0 Å². The summed E-state index contributed by atoms with van der Waals surface area (Å²) in [6.45, 7) is 6.12. The maximum absolute atomic E-state index is 13.3. The van der Waals surface area contributed by atoms with Crippen LogP contribution in [-0.2, 0) is 0 Å². The highest BCUT2D eigenvalue weighted by Crippen LogP contribution is 2.24. The summed E-state index contributed by atoms with van der Waals surface area (Å²) in [5.41, 5.74) is 0.990. The zero-order valence-corrected chi connectivity index (χ0v) is 11.3. The predicted molar refractivity (Wildman–Crippen MR) is 71.5 cm³/mol. The van der Waals surface area contributed by atoms with Crippen LogP contribution in [0.25, 0.3) is 0 Å². The van der Waals surface area contributed by atoms with E-state index in [1.54, 1.807) is 6.07 Å². The van der Waals surface area contributed by atoms with Gasteiger partial charge in [-0.15, -0.1) is 12.4 Å². The van der Waals surface area contributed by atoms with E-state index in [4.69, 9.17) is 11.6 Å². The van der Waals surface area contributed by atoms with Crippen LogP contribution in [0, 0.1) is 5.82 Å². The minimum atomic E-state index is -0.332. The Bertz CT molecular complexity index is 368. The van der Waals surface area contributed by atoms with Gasteiger partial charge in [0.15, 0.2) is 0 Å². The molecule has 2 nitrogen and oxygen atoms in total. The monoisotopic (exact) mass is 278 g/mol. The molecule has 0 saturated carbocycles. The van der Waals surface area contributed by atoms with Gasteiger partial charge in [-0.3, -0.25) is 4.90 Å². The number of hydrogen-bond donors (Lipinski definition) is 1. The average Bonchev–Trinajstić information content (AvgIpc) is 2.33. The second kappa shape index (κ2) is 6.55. The Hall–Kier alpha value is -0.350. The van der Waals surface area contributed by atoms with Crippen LogP contribution in [0.15, 0.2) is 18.2 Å². The first-order valence-corrected chi connectivity index (χ1v) is 5.96. The van der Waals surface area contributed by atoms with Crippen molar-refractivity contribution in [1.29, 1.82) is 0 Å². The summed E-state index contributed by atoms with van der Waals surface area (Å²) in [6.07, 6.45) is 0. The third-order valence-corrected chi connectivity index (χ3v) is 3.43. The van der Waals surface area contributed by atoms with Crippen LogP contribution in [0.5, 0.6) is 0 Å². The van der Waals surface area contributed by atoms with E-state index in [2.05, 4.69) is 17.1 Å². The Morgan fingerprint density at radius 3 is 2.59 bits per heavy atom. The number of nitrogens with one attached hydrogen (secondary N) is 1. The number of nitrogens with zero attached hydrogens (tertiary/aromatic N) is 1. The number of hydrogen-bond acceptors (Lipinski definition) is 2. The molecule has 1 saturated heterocycles. The summed E-state index contributed by atoms with van der Waals surface area (Å²) in [5, 5.41) is 3.50. The molecule has 1 atom stereocenters. The zero-order chi connectivity index (χ0) is 11.5. The molecule has 0 radical (unpaired) electrons. The van der Waals surface area contributed by atoms with E-state index < -0.39 is 0 Å². The number of piperazine rings is 1. The number of halogens is 3. The Morgan fingerprint density at radius 2 is 2.00 bits per heavy atom. The first kappa shape index (κ1) is 14.7. The number of rotatable bonds is 2. The summed E-state index contributed by atoms with van der Waals surface area (Å²) >= 11 is 5.67. The van der Waals surface area contributed by atoms with Crippen LogP contribution in [0.3, 0.4) is 0 Å². The fraction of sp³-hybridized carbons (Fsp3) is 0.500. The molecule has 0 amide bonds. The molecule has 0 bridgehead atoms. The van der Waals surface area contributed by atoms with E-state index in [0.717, 1.165) is 31.7 Å². The van der Waals surface area contributed by atoms with Gasteiger partial charge in [-0.2, -0.15) is 0 Å². The van der Waals surface area contributed by atoms with Crippen molar-refractivity contribution in [3.63, 3.8) is 0 Å². The molecule has 1 aromatic carbocycles. The highest BCUT2D eigenvalue weighted by molar-refractivity contribution is 6.30. The fourth-order valence-corrected chi connectivity index (χ4v) is 2.17. The highest BCUT2D eigenvalue weighted by atomic mass is 35.5. The molecule has 96 valence electrons. The van der Waals surface area contributed by atoms with Gasteiger partial charge in [0.05, 0.1) is 5.02 Å². The van der Waals surface area contributed by atoms with Crippen LogP contribution in [0.1, 0.15) is 18.5 Å². The summed E-state index contributed by atoms with van der Waals surface area (Å²) < 4.78 is 13.3. The van der Waals surface area contributed by atoms with Gasteiger partial charge in [0.25, 0.3) is 0 Å². The maximum atomic E-state index is 13.3. The van der Waals surface area contributed by atoms with E-state index in [1.807, 2.05) is 6.07 Å². The summed E-state index contributed by atoms with van der Waals surface area (Å²) in [7, 11) is 0. The SMILES string of the molecule is C[C@H](c1ccc(Cl)c(F)c1)N1CCNCC1.Cl. The number of benzene rings is 1. The standard InChI is InChI=1S/C12H16ClFN2.ClH/c1-9(16-6-4-15-5-7-16)10-2-3-11(13)12(14)8-10;/h2-3,8-9,15H,4-7H2,1H3;1H/t9-;/m1./s1. The van der Waals surface area contributed by atoms with Crippen molar-refractivity contribution in [2.24, 2.45) is 0 Å². The predicted octanol–water partition coefficient (Wildman–Crippen LogP) is 2.87. The lowest BCUT2D eigenvalue weighted by atomic mass is 10.1. The van der Waals surface area contributed by atoms with Gasteiger partial charge in [-0.1, -0.05) is 17.7 Å². The van der Waals surface area contributed by atoms with E-state index in [-0.39, 0.29) is 29.3 Å². The molecule has 0 aliphatic carbocycles. The van der Waals surface area contributed by atoms with Crippen LogP contribution >= 0.6 is 24.0 Å². The van der Waals surface area contributed by atoms with Crippen LogP contribution < -0.4 is 5.32 Å². The lowest BCUT2D eigenvalue weighted by Crippen LogP contribution is -2.44. The summed E-state index contributed by atoms with van der Waals surface area (Å²) in [4.78, 5) is 2.35. The maximum Gasteiger partial charge on any atom is 0.142 e. The van der Waals surface area contributed by atoms with Gasteiger partial charge >= 0.3 is 0 Å². The van der Waals surface area contributed by atoms with Crippen molar-refractivity contribution in [2.45, 2.75) is 13.0 Å². The van der Waals surface area contributed by atoms with Crippen molar-refractivity contribution in [1.82, 2.24) is 10.2 Å². The second-order valence-corrected chi connectivity index (χ2v) is 4.54. The van der Waals surface area contributed by atoms with Gasteiger partial charge < -0.3 is 5.32 Å². The van der Waals surface area contributed by atoms with E-state index >= 15 is 0 Å². The third-order valence-electron chi connectivity index (χ3n) is 3.13. The van der Waals surface area contributed by atoms with Gasteiger partial charge in [-0.25, -0.2) is 4.39 Å². The molecule has 1 aromatic rings. The fourth-order valence-electron chi connectivity index (χ4n) is 2.05. The zero-order valence-electron chi connectivity index (χ0n) is 9.75. The van der Waals surface area contributed by atoms with E-state index in [1.165, 1.54) is 6.07 Å². The Kier molecular flexibility index (Phi) is 5.67. The molecule has 0 aromatic heterocycles. The Balaban J connectivity index is 0.00000144. The van der Waals surface area contributed by atoms with Gasteiger partial charge in [-0.05, 0) is 24.6 Å². The second-order valence-electron chi connectivity index (χ2n) is 4.14. The molecule has 0 spiro atoms.